The number of amides is 1. The number of carboxylic acid groups (broad SMARTS) is 1. The van der Waals surface area contributed by atoms with Gasteiger partial charge in [0.25, 0.3) is 0 Å². The van der Waals surface area contributed by atoms with Crippen LogP contribution < -0.4 is 5.32 Å². The number of aryl methyl sites for hydroxylation is 1. The summed E-state index contributed by atoms with van der Waals surface area (Å²) in [5, 5.41) is 18.5. The molecule has 4 aromatic carbocycles. The van der Waals surface area contributed by atoms with Gasteiger partial charge in [-0.3, -0.25) is 9.59 Å². The summed E-state index contributed by atoms with van der Waals surface area (Å²) in [5.41, 5.74) is 1.22. The van der Waals surface area contributed by atoms with E-state index in [0.29, 0.717) is 12.8 Å². The summed E-state index contributed by atoms with van der Waals surface area (Å²) in [4.78, 5) is 22.2. The summed E-state index contributed by atoms with van der Waals surface area (Å²) < 4.78 is 0. The van der Waals surface area contributed by atoms with Gasteiger partial charge in [-0.15, -0.1) is 0 Å². The molecule has 4 rings (SSSR count). The zero-order chi connectivity index (χ0) is 18.1. The molecule has 4 heteroatoms. The summed E-state index contributed by atoms with van der Waals surface area (Å²) in [6, 6.07) is 19.3. The van der Waals surface area contributed by atoms with E-state index in [1.165, 1.54) is 37.9 Å². The van der Waals surface area contributed by atoms with Crippen molar-refractivity contribution in [3.63, 3.8) is 0 Å². The van der Waals surface area contributed by atoms with E-state index in [-0.39, 0.29) is 12.5 Å². The second-order valence-electron chi connectivity index (χ2n) is 6.60. The van der Waals surface area contributed by atoms with E-state index in [1.807, 2.05) is 0 Å². The molecule has 0 aromatic heterocycles. The Morgan fingerprint density at radius 2 is 1.50 bits per heavy atom. The number of nitrogens with one attached hydrogen (secondary N) is 1. The zero-order valence-corrected chi connectivity index (χ0v) is 14.3. The predicted molar refractivity (Wildman–Crippen MR) is 104 cm³/mol. The third-order valence-electron chi connectivity index (χ3n) is 4.91. The average molecular weight is 345 g/mol. The van der Waals surface area contributed by atoms with Gasteiger partial charge in [-0.05, 0) is 50.7 Å². The Labute approximate surface area is 150 Å². The molecule has 0 aliphatic rings. The summed E-state index contributed by atoms with van der Waals surface area (Å²) >= 11 is 0. The van der Waals surface area contributed by atoms with Crippen molar-refractivity contribution in [3.05, 3.63) is 60.2 Å². The molecule has 130 valence electrons. The first kappa shape index (κ1) is 16.3. The Morgan fingerprint density at radius 1 is 0.846 bits per heavy atom. The van der Waals surface area contributed by atoms with Gasteiger partial charge in [-0.2, -0.15) is 0 Å². The molecule has 0 heterocycles. The fourth-order valence-electron chi connectivity index (χ4n) is 3.72. The molecular formula is C22H19NO3. The van der Waals surface area contributed by atoms with Crippen LogP contribution in [0.25, 0.3) is 32.3 Å². The molecule has 2 N–H and O–H groups in total. The highest BCUT2D eigenvalue weighted by Gasteiger charge is 2.11. The van der Waals surface area contributed by atoms with Crippen molar-refractivity contribution in [1.82, 2.24) is 5.32 Å². The number of carbonyl (C=O) groups is 2. The van der Waals surface area contributed by atoms with Crippen molar-refractivity contribution < 1.29 is 14.7 Å². The van der Waals surface area contributed by atoms with Gasteiger partial charge < -0.3 is 10.4 Å². The third-order valence-corrected chi connectivity index (χ3v) is 4.91. The largest absolute Gasteiger partial charge is 0.480 e. The van der Waals surface area contributed by atoms with Crippen LogP contribution in [0, 0.1) is 0 Å². The van der Waals surface area contributed by atoms with E-state index in [1.54, 1.807) is 0 Å². The lowest BCUT2D eigenvalue weighted by molar-refractivity contribution is -0.137. The molecule has 0 radical (unpaired) electrons. The molecular weight excluding hydrogens is 326 g/mol. The third kappa shape index (κ3) is 2.94. The standard InChI is InChI=1S/C22H19NO3/c24-19(23-13-20(25)26)6-2-3-14-7-8-17-10-9-15-4-1-5-16-11-12-18(14)22(17)21(15)16/h1,4-5,7-12H,2-3,6,13H2,(H,23,24)(H,25,26). The lowest BCUT2D eigenvalue weighted by Crippen LogP contribution is -2.28. The van der Waals surface area contributed by atoms with Crippen LogP contribution in [-0.2, 0) is 16.0 Å². The van der Waals surface area contributed by atoms with Crippen LogP contribution in [-0.4, -0.2) is 23.5 Å². The first-order valence-electron chi connectivity index (χ1n) is 8.77. The number of hydrogen-bond donors (Lipinski definition) is 2. The molecule has 0 bridgehead atoms. The molecule has 1 amide bonds. The van der Waals surface area contributed by atoms with Crippen molar-refractivity contribution in [2.45, 2.75) is 19.3 Å². The Hall–Kier alpha value is -3.14. The number of carbonyl (C=O) groups excluding carboxylic acids is 1. The van der Waals surface area contributed by atoms with E-state index in [2.05, 4.69) is 59.9 Å². The normalized spacial score (nSPS) is 11.4. The summed E-state index contributed by atoms with van der Waals surface area (Å²) in [6.45, 7) is -0.322. The molecule has 0 unspecified atom stereocenters. The van der Waals surface area contributed by atoms with Crippen LogP contribution in [0.4, 0.5) is 0 Å². The van der Waals surface area contributed by atoms with Gasteiger partial charge in [0, 0.05) is 6.42 Å². The highest BCUT2D eigenvalue weighted by atomic mass is 16.4. The van der Waals surface area contributed by atoms with Gasteiger partial charge in [0.2, 0.25) is 5.91 Å². The highest BCUT2D eigenvalue weighted by Crippen LogP contribution is 2.36. The Morgan fingerprint density at radius 3 is 2.23 bits per heavy atom. The number of benzene rings is 4. The van der Waals surface area contributed by atoms with E-state index < -0.39 is 5.97 Å². The zero-order valence-electron chi connectivity index (χ0n) is 14.3. The Kier molecular flexibility index (Phi) is 4.17. The van der Waals surface area contributed by atoms with Crippen LogP contribution >= 0.6 is 0 Å². The van der Waals surface area contributed by atoms with E-state index in [9.17, 15) is 9.59 Å². The summed E-state index contributed by atoms with van der Waals surface area (Å²) in [5.74, 6) is -1.24. The molecule has 0 saturated carbocycles. The van der Waals surface area contributed by atoms with Crippen LogP contribution in [0.2, 0.25) is 0 Å². The van der Waals surface area contributed by atoms with Crippen LogP contribution in [0.3, 0.4) is 0 Å². The quantitative estimate of drug-likeness (QED) is 0.517. The maximum absolute atomic E-state index is 11.7. The number of hydrogen-bond acceptors (Lipinski definition) is 2. The summed E-state index contributed by atoms with van der Waals surface area (Å²) in [6.07, 6.45) is 1.80. The van der Waals surface area contributed by atoms with Gasteiger partial charge in [-0.1, -0.05) is 54.6 Å². The lowest BCUT2D eigenvalue weighted by Gasteiger charge is -2.13. The van der Waals surface area contributed by atoms with E-state index in [4.69, 9.17) is 5.11 Å². The maximum atomic E-state index is 11.7. The van der Waals surface area contributed by atoms with E-state index in [0.717, 1.165) is 6.42 Å². The smallest absolute Gasteiger partial charge is 0.322 e. The molecule has 26 heavy (non-hydrogen) atoms. The Bertz CT molecular complexity index is 1100. The molecule has 0 fully saturated rings. The Balaban J connectivity index is 1.62. The molecule has 4 aromatic rings. The van der Waals surface area contributed by atoms with E-state index >= 15 is 0 Å². The molecule has 0 spiro atoms. The molecule has 0 saturated heterocycles. The number of aliphatic carboxylic acids is 1. The molecule has 0 aliphatic carbocycles. The molecule has 4 nitrogen and oxygen atoms in total. The fraction of sp³-hybridized carbons (Fsp3) is 0.182. The maximum Gasteiger partial charge on any atom is 0.322 e. The van der Waals surface area contributed by atoms with Crippen molar-refractivity contribution in [3.8, 4) is 0 Å². The fourth-order valence-corrected chi connectivity index (χ4v) is 3.72. The average Bonchev–Trinajstić information content (AvgIpc) is 2.65. The van der Waals surface area contributed by atoms with Gasteiger partial charge in [0.15, 0.2) is 0 Å². The van der Waals surface area contributed by atoms with Crippen LogP contribution in [0.15, 0.2) is 54.6 Å². The molecule has 0 aliphatic heterocycles. The number of rotatable bonds is 6. The minimum absolute atomic E-state index is 0.217. The summed E-state index contributed by atoms with van der Waals surface area (Å²) in [7, 11) is 0. The lowest BCUT2D eigenvalue weighted by atomic mass is 9.90. The SMILES string of the molecule is O=C(O)CNC(=O)CCCc1ccc2ccc3cccc4ccc1c2c34. The topological polar surface area (TPSA) is 66.4 Å². The van der Waals surface area contributed by atoms with Crippen molar-refractivity contribution in [1.29, 1.82) is 0 Å². The minimum Gasteiger partial charge on any atom is -0.480 e. The van der Waals surface area contributed by atoms with Crippen molar-refractivity contribution in [2.75, 3.05) is 6.54 Å². The first-order valence-corrected chi connectivity index (χ1v) is 8.77. The van der Waals surface area contributed by atoms with Gasteiger partial charge >= 0.3 is 5.97 Å². The predicted octanol–water partition coefficient (Wildman–Crippen LogP) is 4.11. The first-order chi connectivity index (χ1) is 12.6. The van der Waals surface area contributed by atoms with Crippen LogP contribution in [0.1, 0.15) is 18.4 Å². The van der Waals surface area contributed by atoms with Crippen LogP contribution in [0.5, 0.6) is 0 Å². The number of carboxylic acids is 1. The van der Waals surface area contributed by atoms with Gasteiger partial charge in [0.1, 0.15) is 6.54 Å². The molecule has 0 atom stereocenters. The monoisotopic (exact) mass is 345 g/mol. The minimum atomic E-state index is -1.02. The van der Waals surface area contributed by atoms with Gasteiger partial charge in [0.05, 0.1) is 0 Å². The second-order valence-corrected chi connectivity index (χ2v) is 6.60. The highest BCUT2D eigenvalue weighted by molar-refractivity contribution is 6.23. The van der Waals surface area contributed by atoms with Gasteiger partial charge in [-0.25, -0.2) is 0 Å². The van der Waals surface area contributed by atoms with Crippen molar-refractivity contribution in [2.24, 2.45) is 0 Å². The second kappa shape index (κ2) is 6.64. The van der Waals surface area contributed by atoms with Crippen molar-refractivity contribution >= 4 is 44.2 Å².